The van der Waals surface area contributed by atoms with Gasteiger partial charge in [-0.15, -0.1) is 0 Å². The predicted molar refractivity (Wildman–Crippen MR) is 45.6 cm³/mol. The zero-order valence-corrected chi connectivity index (χ0v) is 7.28. The van der Waals surface area contributed by atoms with Crippen LogP contribution in [0.5, 0.6) is 0 Å². The molecular formula is C10H16O2. The summed E-state index contributed by atoms with van der Waals surface area (Å²) in [4.78, 5) is 10.7. The van der Waals surface area contributed by atoms with Crippen LogP contribution < -0.4 is 0 Å². The van der Waals surface area contributed by atoms with Gasteiger partial charge in [-0.25, -0.2) is 0 Å². The number of carbonyl (C=O) groups is 1. The first kappa shape index (κ1) is 8.24. The number of hydrogen-bond acceptors (Lipinski definition) is 2. The lowest BCUT2D eigenvalue weighted by atomic mass is 9.80. The molecule has 2 fully saturated rings. The molecule has 2 rings (SSSR count). The van der Waals surface area contributed by atoms with Crippen LogP contribution >= 0.6 is 0 Å². The summed E-state index contributed by atoms with van der Waals surface area (Å²) in [6, 6.07) is 0. The summed E-state index contributed by atoms with van der Waals surface area (Å²) in [5.74, 6) is 2.12. The second kappa shape index (κ2) is 3.17. The van der Waals surface area contributed by atoms with Crippen LogP contribution in [0.4, 0.5) is 0 Å². The average Bonchev–Trinajstić information content (AvgIpc) is 2.44. The molecule has 2 aliphatic carbocycles. The Morgan fingerprint density at radius 1 is 1.25 bits per heavy atom. The van der Waals surface area contributed by atoms with Crippen LogP contribution in [0, 0.1) is 23.7 Å². The van der Waals surface area contributed by atoms with Crippen LogP contribution in [0.15, 0.2) is 0 Å². The maximum absolute atomic E-state index is 10.7. The SMILES string of the molecule is O=C[C@H]1CC[C@@H]2C[C@H]1C[C@@H]2CO. The Balaban J connectivity index is 2.04. The van der Waals surface area contributed by atoms with Crippen molar-refractivity contribution in [2.24, 2.45) is 23.7 Å². The molecule has 0 heterocycles. The first-order valence-electron chi connectivity index (χ1n) is 4.91. The lowest BCUT2D eigenvalue weighted by Gasteiger charge is -2.24. The molecule has 0 aromatic heterocycles. The normalized spacial score (nSPS) is 46.1. The number of aldehydes is 1. The van der Waals surface area contributed by atoms with Gasteiger partial charge in [-0.3, -0.25) is 0 Å². The molecule has 0 radical (unpaired) electrons. The van der Waals surface area contributed by atoms with E-state index in [1.807, 2.05) is 0 Å². The molecule has 2 saturated carbocycles. The van der Waals surface area contributed by atoms with Crippen molar-refractivity contribution < 1.29 is 9.90 Å². The Morgan fingerprint density at radius 2 is 2.08 bits per heavy atom. The molecule has 0 amide bonds. The fourth-order valence-electron chi connectivity index (χ4n) is 3.01. The topological polar surface area (TPSA) is 37.3 Å². The predicted octanol–water partition coefficient (Wildman–Crippen LogP) is 1.23. The second-order valence-corrected chi connectivity index (χ2v) is 4.31. The van der Waals surface area contributed by atoms with E-state index in [-0.39, 0.29) is 0 Å². The Bertz CT molecular complexity index is 179. The van der Waals surface area contributed by atoms with Gasteiger partial charge in [0, 0.05) is 12.5 Å². The van der Waals surface area contributed by atoms with Gasteiger partial charge in [0.2, 0.25) is 0 Å². The highest BCUT2D eigenvalue weighted by Gasteiger charge is 2.41. The molecule has 0 unspecified atom stereocenters. The molecule has 0 aromatic rings. The number of aliphatic hydroxyl groups excluding tert-OH is 1. The highest BCUT2D eigenvalue weighted by Crippen LogP contribution is 2.47. The molecule has 4 atom stereocenters. The van der Waals surface area contributed by atoms with Crippen LogP contribution in [-0.4, -0.2) is 18.0 Å². The maximum Gasteiger partial charge on any atom is 0.123 e. The van der Waals surface area contributed by atoms with Gasteiger partial charge in [0.15, 0.2) is 0 Å². The molecule has 0 aromatic carbocycles. The maximum atomic E-state index is 10.7. The Morgan fingerprint density at radius 3 is 2.75 bits per heavy atom. The zero-order chi connectivity index (χ0) is 8.55. The van der Waals surface area contributed by atoms with E-state index in [2.05, 4.69) is 0 Å². The average molecular weight is 168 g/mol. The fourth-order valence-corrected chi connectivity index (χ4v) is 3.01. The first-order valence-corrected chi connectivity index (χ1v) is 4.91. The van der Waals surface area contributed by atoms with Gasteiger partial charge in [-0.05, 0) is 43.4 Å². The molecule has 2 aliphatic rings. The van der Waals surface area contributed by atoms with E-state index >= 15 is 0 Å². The molecule has 0 saturated heterocycles. The smallest absolute Gasteiger partial charge is 0.123 e. The van der Waals surface area contributed by atoms with Crippen molar-refractivity contribution in [1.29, 1.82) is 0 Å². The molecule has 68 valence electrons. The second-order valence-electron chi connectivity index (χ2n) is 4.31. The highest BCUT2D eigenvalue weighted by atomic mass is 16.3. The lowest BCUT2D eigenvalue weighted by Crippen LogP contribution is -2.19. The summed E-state index contributed by atoms with van der Waals surface area (Å²) in [6.45, 7) is 0.326. The third kappa shape index (κ3) is 1.18. The van der Waals surface area contributed by atoms with Crippen LogP contribution in [-0.2, 0) is 4.79 Å². The molecular weight excluding hydrogens is 152 g/mol. The summed E-state index contributed by atoms with van der Waals surface area (Å²) in [7, 11) is 0. The van der Waals surface area contributed by atoms with E-state index < -0.39 is 0 Å². The molecule has 2 bridgehead atoms. The van der Waals surface area contributed by atoms with Crippen molar-refractivity contribution >= 4 is 6.29 Å². The molecule has 0 spiro atoms. The lowest BCUT2D eigenvalue weighted by molar-refractivity contribution is -0.113. The Kier molecular flexibility index (Phi) is 2.18. The van der Waals surface area contributed by atoms with E-state index in [0.29, 0.717) is 24.4 Å². The minimum atomic E-state index is 0.304. The van der Waals surface area contributed by atoms with E-state index in [9.17, 15) is 4.79 Å². The molecule has 0 aliphatic heterocycles. The van der Waals surface area contributed by atoms with Gasteiger partial charge in [-0.2, -0.15) is 0 Å². The summed E-state index contributed by atoms with van der Waals surface area (Å²) in [6.07, 6.45) is 5.63. The summed E-state index contributed by atoms with van der Waals surface area (Å²) in [5.41, 5.74) is 0. The Hall–Kier alpha value is -0.370. The molecule has 2 nitrogen and oxygen atoms in total. The van der Waals surface area contributed by atoms with Gasteiger partial charge < -0.3 is 9.90 Å². The third-order valence-corrected chi connectivity index (χ3v) is 3.76. The quantitative estimate of drug-likeness (QED) is 0.630. The van der Waals surface area contributed by atoms with Gasteiger partial charge in [0.1, 0.15) is 6.29 Å². The van der Waals surface area contributed by atoms with Crippen LogP contribution in [0.3, 0.4) is 0 Å². The zero-order valence-electron chi connectivity index (χ0n) is 7.28. The van der Waals surface area contributed by atoms with Gasteiger partial charge in [0.05, 0.1) is 0 Å². The van der Waals surface area contributed by atoms with Crippen molar-refractivity contribution in [3.8, 4) is 0 Å². The van der Waals surface area contributed by atoms with Crippen LogP contribution in [0.1, 0.15) is 25.7 Å². The van der Waals surface area contributed by atoms with Gasteiger partial charge in [0.25, 0.3) is 0 Å². The highest BCUT2D eigenvalue weighted by molar-refractivity contribution is 5.54. The molecule has 2 heteroatoms. The van der Waals surface area contributed by atoms with Gasteiger partial charge >= 0.3 is 0 Å². The number of fused-ring (bicyclic) bond motifs is 2. The number of rotatable bonds is 2. The standard InChI is InChI=1S/C10H16O2/c11-5-8-2-1-7-3-9(8)4-10(7)6-12/h5,7-10,12H,1-4,6H2/t7-,8-,9+,10-/m1/s1. The number of hydrogen-bond donors (Lipinski definition) is 1. The minimum absolute atomic E-state index is 0.304. The molecule has 1 N–H and O–H groups in total. The van der Waals surface area contributed by atoms with E-state index in [0.717, 1.165) is 31.5 Å². The van der Waals surface area contributed by atoms with E-state index in [4.69, 9.17) is 5.11 Å². The van der Waals surface area contributed by atoms with Gasteiger partial charge in [-0.1, -0.05) is 0 Å². The largest absolute Gasteiger partial charge is 0.396 e. The third-order valence-electron chi connectivity index (χ3n) is 3.76. The first-order chi connectivity index (χ1) is 5.85. The summed E-state index contributed by atoms with van der Waals surface area (Å²) >= 11 is 0. The van der Waals surface area contributed by atoms with E-state index in [1.165, 1.54) is 6.42 Å². The van der Waals surface area contributed by atoms with Crippen molar-refractivity contribution in [3.63, 3.8) is 0 Å². The van der Waals surface area contributed by atoms with Crippen molar-refractivity contribution in [3.05, 3.63) is 0 Å². The van der Waals surface area contributed by atoms with Crippen molar-refractivity contribution in [2.45, 2.75) is 25.7 Å². The number of carbonyl (C=O) groups excluding carboxylic acids is 1. The Labute approximate surface area is 73.0 Å². The van der Waals surface area contributed by atoms with Crippen molar-refractivity contribution in [1.82, 2.24) is 0 Å². The number of aliphatic hydroxyl groups is 1. The van der Waals surface area contributed by atoms with Crippen LogP contribution in [0.25, 0.3) is 0 Å². The minimum Gasteiger partial charge on any atom is -0.396 e. The molecule has 12 heavy (non-hydrogen) atoms. The monoisotopic (exact) mass is 168 g/mol. The fraction of sp³-hybridized carbons (Fsp3) is 0.900. The van der Waals surface area contributed by atoms with Crippen molar-refractivity contribution in [2.75, 3.05) is 6.61 Å². The summed E-state index contributed by atoms with van der Waals surface area (Å²) < 4.78 is 0. The van der Waals surface area contributed by atoms with E-state index in [1.54, 1.807) is 0 Å². The van der Waals surface area contributed by atoms with Crippen LogP contribution in [0.2, 0.25) is 0 Å². The summed E-state index contributed by atoms with van der Waals surface area (Å²) in [5, 5.41) is 9.08.